The first-order chi connectivity index (χ1) is 9.65. The zero-order valence-corrected chi connectivity index (χ0v) is 14.2. The summed E-state index contributed by atoms with van der Waals surface area (Å²) >= 11 is 1.85. The zero-order valence-electron chi connectivity index (χ0n) is 13.4. The molecule has 20 heavy (non-hydrogen) atoms. The van der Waals surface area contributed by atoms with Crippen molar-refractivity contribution < 1.29 is 4.74 Å². The lowest BCUT2D eigenvalue weighted by atomic mass is 10.1. The van der Waals surface area contributed by atoms with E-state index >= 15 is 0 Å². The van der Waals surface area contributed by atoms with E-state index in [1.54, 1.807) is 0 Å². The minimum Gasteiger partial charge on any atom is -0.382 e. The molecule has 4 heteroatoms. The Morgan fingerprint density at radius 1 is 1.35 bits per heavy atom. The van der Waals surface area contributed by atoms with Gasteiger partial charge in [0.1, 0.15) is 0 Å². The Balaban J connectivity index is 2.16. The van der Waals surface area contributed by atoms with Gasteiger partial charge in [0.2, 0.25) is 0 Å². The third kappa shape index (κ3) is 6.84. The predicted octanol–water partition coefficient (Wildman–Crippen LogP) is 3.02. The Kier molecular flexibility index (Phi) is 9.10. The summed E-state index contributed by atoms with van der Waals surface area (Å²) in [6.07, 6.45) is 2.23. The molecule has 0 aliphatic carbocycles. The van der Waals surface area contributed by atoms with Crippen molar-refractivity contribution in [1.29, 1.82) is 0 Å². The molecule has 1 N–H and O–H groups in total. The molecule has 1 heterocycles. The maximum atomic E-state index is 5.34. The molecule has 1 aromatic heterocycles. The second-order valence-electron chi connectivity index (χ2n) is 5.40. The molecule has 1 rings (SSSR count). The molecule has 0 amide bonds. The molecule has 0 saturated heterocycles. The lowest BCUT2D eigenvalue weighted by molar-refractivity contribution is 0.143. The molecule has 2 atom stereocenters. The lowest BCUT2D eigenvalue weighted by Gasteiger charge is -2.31. The number of hydrogen-bond donors (Lipinski definition) is 1. The molecule has 2 unspecified atom stereocenters. The quantitative estimate of drug-likeness (QED) is 0.636. The van der Waals surface area contributed by atoms with Gasteiger partial charge in [-0.25, -0.2) is 0 Å². The van der Waals surface area contributed by atoms with Crippen LogP contribution in [-0.2, 0) is 11.2 Å². The number of ether oxygens (including phenoxy) is 1. The van der Waals surface area contributed by atoms with Gasteiger partial charge < -0.3 is 10.1 Å². The Hall–Kier alpha value is -0.420. The standard InChI is InChI=1S/C16H30N2OS/c1-5-19-10-7-9-17-13-15(3)18(4)14(2)12-16-8-6-11-20-16/h6,8,11,14-15,17H,5,7,9-10,12-13H2,1-4H3. The van der Waals surface area contributed by atoms with Gasteiger partial charge in [-0.2, -0.15) is 0 Å². The van der Waals surface area contributed by atoms with Crippen LogP contribution in [0.15, 0.2) is 17.5 Å². The van der Waals surface area contributed by atoms with E-state index in [0.717, 1.165) is 39.1 Å². The molecular formula is C16H30N2OS. The molecule has 0 aromatic carbocycles. The van der Waals surface area contributed by atoms with Gasteiger partial charge in [-0.3, -0.25) is 4.90 Å². The smallest absolute Gasteiger partial charge is 0.0477 e. The number of nitrogens with zero attached hydrogens (tertiary/aromatic N) is 1. The Bertz CT molecular complexity index is 329. The fraction of sp³-hybridized carbons (Fsp3) is 0.750. The number of nitrogens with one attached hydrogen (secondary N) is 1. The van der Waals surface area contributed by atoms with Gasteiger partial charge >= 0.3 is 0 Å². The first kappa shape index (κ1) is 17.6. The average molecular weight is 298 g/mol. The molecule has 0 bridgehead atoms. The molecule has 0 spiro atoms. The fourth-order valence-corrected chi connectivity index (χ4v) is 3.02. The van der Waals surface area contributed by atoms with Crippen molar-refractivity contribution in [2.45, 2.75) is 45.7 Å². The van der Waals surface area contributed by atoms with Crippen LogP contribution in [0.1, 0.15) is 32.1 Å². The van der Waals surface area contributed by atoms with Crippen molar-refractivity contribution in [3.63, 3.8) is 0 Å². The summed E-state index contributed by atoms with van der Waals surface area (Å²) in [6.45, 7) is 10.4. The summed E-state index contributed by atoms with van der Waals surface area (Å²) in [5.74, 6) is 0. The average Bonchev–Trinajstić information content (AvgIpc) is 2.94. The molecule has 3 nitrogen and oxygen atoms in total. The van der Waals surface area contributed by atoms with E-state index in [4.69, 9.17) is 4.74 Å². The topological polar surface area (TPSA) is 24.5 Å². The third-order valence-corrected chi connectivity index (χ3v) is 4.65. The summed E-state index contributed by atoms with van der Waals surface area (Å²) in [6, 6.07) is 5.49. The van der Waals surface area contributed by atoms with Crippen LogP contribution in [0, 0.1) is 0 Å². The van der Waals surface area contributed by atoms with Gasteiger partial charge in [-0.1, -0.05) is 6.07 Å². The van der Waals surface area contributed by atoms with Gasteiger partial charge in [0.15, 0.2) is 0 Å². The van der Waals surface area contributed by atoms with E-state index in [2.05, 4.69) is 48.6 Å². The largest absolute Gasteiger partial charge is 0.382 e. The number of thiophene rings is 1. The van der Waals surface area contributed by atoms with Crippen LogP contribution in [0.25, 0.3) is 0 Å². The third-order valence-electron chi connectivity index (χ3n) is 3.75. The van der Waals surface area contributed by atoms with E-state index < -0.39 is 0 Å². The highest BCUT2D eigenvalue weighted by atomic mass is 32.1. The van der Waals surface area contributed by atoms with E-state index in [9.17, 15) is 0 Å². The number of hydrogen-bond acceptors (Lipinski definition) is 4. The maximum absolute atomic E-state index is 5.34. The Morgan fingerprint density at radius 2 is 2.15 bits per heavy atom. The molecule has 1 aromatic rings. The maximum Gasteiger partial charge on any atom is 0.0477 e. The van der Waals surface area contributed by atoms with Crippen molar-refractivity contribution >= 4 is 11.3 Å². The first-order valence-corrected chi connectivity index (χ1v) is 8.55. The van der Waals surface area contributed by atoms with Crippen LogP contribution in [0.5, 0.6) is 0 Å². The number of likely N-dealkylation sites (N-methyl/N-ethyl adjacent to an activating group) is 1. The SMILES string of the molecule is CCOCCCNCC(C)N(C)C(C)Cc1cccs1. The van der Waals surface area contributed by atoms with Gasteiger partial charge in [-0.15, -0.1) is 11.3 Å². The number of rotatable bonds is 11. The molecule has 0 radical (unpaired) electrons. The molecule has 0 saturated carbocycles. The summed E-state index contributed by atoms with van der Waals surface area (Å²) in [7, 11) is 2.23. The van der Waals surface area contributed by atoms with Gasteiger partial charge in [0, 0.05) is 36.7 Å². The summed E-state index contributed by atoms with van der Waals surface area (Å²) in [4.78, 5) is 3.94. The normalized spacial score (nSPS) is 14.7. The fourth-order valence-electron chi connectivity index (χ4n) is 2.20. The monoisotopic (exact) mass is 298 g/mol. The summed E-state index contributed by atoms with van der Waals surface area (Å²) in [5, 5.41) is 5.68. The van der Waals surface area contributed by atoms with Crippen molar-refractivity contribution in [2.24, 2.45) is 0 Å². The highest BCUT2D eigenvalue weighted by molar-refractivity contribution is 7.09. The highest BCUT2D eigenvalue weighted by Gasteiger charge is 2.16. The van der Waals surface area contributed by atoms with E-state index in [1.807, 2.05) is 18.3 Å². The van der Waals surface area contributed by atoms with Crippen molar-refractivity contribution in [2.75, 3.05) is 33.4 Å². The van der Waals surface area contributed by atoms with Crippen LogP contribution in [-0.4, -0.2) is 50.3 Å². The minimum absolute atomic E-state index is 0.553. The molecule has 0 aliphatic heterocycles. The Labute approximate surface area is 128 Å². The first-order valence-electron chi connectivity index (χ1n) is 7.68. The van der Waals surface area contributed by atoms with Crippen molar-refractivity contribution in [3.8, 4) is 0 Å². The van der Waals surface area contributed by atoms with Gasteiger partial charge in [0.05, 0.1) is 0 Å². The van der Waals surface area contributed by atoms with Crippen LogP contribution < -0.4 is 5.32 Å². The van der Waals surface area contributed by atoms with Crippen molar-refractivity contribution in [1.82, 2.24) is 10.2 Å². The predicted molar refractivity (Wildman–Crippen MR) is 88.7 cm³/mol. The van der Waals surface area contributed by atoms with Crippen molar-refractivity contribution in [3.05, 3.63) is 22.4 Å². The lowest BCUT2D eigenvalue weighted by Crippen LogP contribution is -2.43. The second-order valence-corrected chi connectivity index (χ2v) is 6.43. The van der Waals surface area contributed by atoms with Crippen LogP contribution in [0.4, 0.5) is 0 Å². The van der Waals surface area contributed by atoms with Crippen LogP contribution >= 0.6 is 11.3 Å². The van der Waals surface area contributed by atoms with Gasteiger partial charge in [-0.05, 0) is 58.7 Å². The minimum atomic E-state index is 0.553. The zero-order chi connectivity index (χ0) is 14.8. The van der Waals surface area contributed by atoms with E-state index in [-0.39, 0.29) is 0 Å². The summed E-state index contributed by atoms with van der Waals surface area (Å²) in [5.41, 5.74) is 0. The van der Waals surface area contributed by atoms with Gasteiger partial charge in [0.25, 0.3) is 0 Å². The van der Waals surface area contributed by atoms with E-state index in [0.29, 0.717) is 12.1 Å². The van der Waals surface area contributed by atoms with Crippen LogP contribution in [0.3, 0.4) is 0 Å². The second kappa shape index (κ2) is 10.3. The highest BCUT2D eigenvalue weighted by Crippen LogP contribution is 2.14. The Morgan fingerprint density at radius 3 is 2.80 bits per heavy atom. The van der Waals surface area contributed by atoms with E-state index in [1.165, 1.54) is 4.88 Å². The molecule has 116 valence electrons. The molecular weight excluding hydrogens is 268 g/mol. The molecule has 0 aliphatic rings. The van der Waals surface area contributed by atoms with Crippen LogP contribution in [0.2, 0.25) is 0 Å². The molecule has 0 fully saturated rings. The summed E-state index contributed by atoms with van der Waals surface area (Å²) < 4.78 is 5.34.